The molecule has 0 aliphatic carbocycles. The maximum absolute atomic E-state index is 12.2. The Morgan fingerprint density at radius 1 is 1.59 bits per heavy atom. The van der Waals surface area contributed by atoms with Crippen LogP contribution in [0.15, 0.2) is 16.8 Å². The van der Waals surface area contributed by atoms with Gasteiger partial charge in [0.1, 0.15) is 0 Å². The van der Waals surface area contributed by atoms with Gasteiger partial charge in [-0.25, -0.2) is 0 Å². The van der Waals surface area contributed by atoms with Crippen LogP contribution in [-0.2, 0) is 11.2 Å². The van der Waals surface area contributed by atoms with Crippen molar-refractivity contribution in [2.24, 2.45) is 0 Å². The van der Waals surface area contributed by atoms with E-state index in [9.17, 15) is 4.79 Å². The Hall–Kier alpha value is -0.350. The summed E-state index contributed by atoms with van der Waals surface area (Å²) in [6, 6.07) is 2.53. The number of halogens is 1. The molecular weight excluding hydrogens is 298 g/mol. The molecule has 1 amide bonds. The number of rotatable bonds is 5. The van der Waals surface area contributed by atoms with Crippen LogP contribution in [0.2, 0.25) is 0 Å². The van der Waals surface area contributed by atoms with Gasteiger partial charge in [0.2, 0.25) is 5.91 Å². The molecule has 2 rings (SSSR count). The van der Waals surface area contributed by atoms with Gasteiger partial charge in [0, 0.05) is 17.9 Å². The number of thiophene rings is 1. The van der Waals surface area contributed by atoms with Crippen molar-refractivity contribution in [3.63, 3.8) is 0 Å². The second-order valence-corrected chi connectivity index (χ2v) is 6.10. The topological polar surface area (TPSA) is 20.3 Å². The van der Waals surface area contributed by atoms with Gasteiger partial charge in [-0.1, -0.05) is 15.9 Å². The first kappa shape index (κ1) is 13.1. The number of carbonyl (C=O) groups is 1. The Morgan fingerprint density at radius 2 is 2.47 bits per heavy atom. The molecular formula is C13H18BrNOS. The van der Waals surface area contributed by atoms with E-state index < -0.39 is 0 Å². The lowest BCUT2D eigenvalue weighted by molar-refractivity contribution is -0.131. The summed E-state index contributed by atoms with van der Waals surface area (Å²) >= 11 is 5.12. The van der Waals surface area contributed by atoms with Gasteiger partial charge in [0.15, 0.2) is 0 Å². The molecule has 17 heavy (non-hydrogen) atoms. The van der Waals surface area contributed by atoms with Crippen molar-refractivity contribution < 1.29 is 4.79 Å². The minimum atomic E-state index is 0.306. The predicted molar refractivity (Wildman–Crippen MR) is 75.8 cm³/mol. The van der Waals surface area contributed by atoms with Crippen molar-refractivity contribution in [1.82, 2.24) is 4.90 Å². The van der Waals surface area contributed by atoms with Crippen molar-refractivity contribution in [3.05, 3.63) is 22.4 Å². The number of likely N-dealkylation sites (tertiary alicyclic amines) is 1. The van der Waals surface area contributed by atoms with Crippen LogP contribution < -0.4 is 0 Å². The van der Waals surface area contributed by atoms with Gasteiger partial charge in [0.25, 0.3) is 0 Å². The van der Waals surface area contributed by atoms with E-state index in [2.05, 4.69) is 26.2 Å². The van der Waals surface area contributed by atoms with E-state index in [1.54, 1.807) is 11.3 Å². The molecule has 1 fully saturated rings. The molecule has 0 N–H and O–H groups in total. The zero-order chi connectivity index (χ0) is 12.1. The van der Waals surface area contributed by atoms with Gasteiger partial charge in [-0.2, -0.15) is 11.3 Å². The molecule has 1 atom stereocenters. The lowest BCUT2D eigenvalue weighted by Gasteiger charge is -2.24. The van der Waals surface area contributed by atoms with Crippen LogP contribution in [0, 0.1) is 0 Å². The van der Waals surface area contributed by atoms with Crippen LogP contribution in [0.4, 0.5) is 0 Å². The summed E-state index contributed by atoms with van der Waals surface area (Å²) < 4.78 is 0. The molecule has 0 saturated carbocycles. The molecule has 1 saturated heterocycles. The number of nitrogens with zero attached hydrogens (tertiary/aromatic N) is 1. The molecule has 1 unspecified atom stereocenters. The van der Waals surface area contributed by atoms with Crippen molar-refractivity contribution >= 4 is 33.2 Å². The summed E-state index contributed by atoms with van der Waals surface area (Å²) in [4.78, 5) is 14.3. The summed E-state index contributed by atoms with van der Waals surface area (Å²) in [6.07, 6.45) is 5.23. The standard InChI is InChI=1S/C13H18BrNOS/c14-6-1-3-12-4-2-7-15(12)13(16)9-11-5-8-17-10-11/h5,8,10,12H,1-4,6-7,9H2. The Balaban J connectivity index is 1.89. The first-order valence-electron chi connectivity index (χ1n) is 6.18. The summed E-state index contributed by atoms with van der Waals surface area (Å²) in [5.41, 5.74) is 1.16. The third kappa shape index (κ3) is 3.55. The van der Waals surface area contributed by atoms with Crippen molar-refractivity contribution in [2.45, 2.75) is 38.1 Å². The van der Waals surface area contributed by atoms with Crippen LogP contribution in [0.1, 0.15) is 31.2 Å². The molecule has 0 spiro atoms. The van der Waals surface area contributed by atoms with Gasteiger partial charge in [-0.05, 0) is 48.1 Å². The van der Waals surface area contributed by atoms with Crippen LogP contribution >= 0.6 is 27.3 Å². The number of amides is 1. The smallest absolute Gasteiger partial charge is 0.227 e. The Labute approximate surface area is 115 Å². The van der Waals surface area contributed by atoms with Gasteiger partial charge in [0.05, 0.1) is 6.42 Å². The van der Waals surface area contributed by atoms with Gasteiger partial charge in [-0.15, -0.1) is 0 Å². The zero-order valence-electron chi connectivity index (χ0n) is 9.90. The fraction of sp³-hybridized carbons (Fsp3) is 0.615. The highest BCUT2D eigenvalue weighted by Crippen LogP contribution is 2.23. The molecule has 1 aliphatic rings. The number of alkyl halides is 1. The molecule has 0 aromatic carbocycles. The molecule has 1 aromatic heterocycles. The Morgan fingerprint density at radius 3 is 3.18 bits per heavy atom. The van der Waals surface area contributed by atoms with Crippen LogP contribution in [-0.4, -0.2) is 28.7 Å². The first-order valence-corrected chi connectivity index (χ1v) is 8.24. The Kier molecular flexibility index (Phi) is 5.04. The van der Waals surface area contributed by atoms with E-state index in [4.69, 9.17) is 0 Å². The maximum Gasteiger partial charge on any atom is 0.227 e. The summed E-state index contributed by atoms with van der Waals surface area (Å²) in [6.45, 7) is 0.954. The summed E-state index contributed by atoms with van der Waals surface area (Å²) in [7, 11) is 0. The highest BCUT2D eigenvalue weighted by Gasteiger charge is 2.27. The molecule has 2 heterocycles. The van der Waals surface area contributed by atoms with Crippen LogP contribution in [0.25, 0.3) is 0 Å². The SMILES string of the molecule is O=C(Cc1ccsc1)N1CCCC1CCCBr. The average Bonchev–Trinajstić information content (AvgIpc) is 2.96. The fourth-order valence-corrected chi connectivity index (χ4v) is 3.44. The summed E-state index contributed by atoms with van der Waals surface area (Å²) in [5.74, 6) is 0.306. The van der Waals surface area contributed by atoms with E-state index in [1.165, 1.54) is 12.8 Å². The molecule has 4 heteroatoms. The second kappa shape index (κ2) is 6.55. The van der Waals surface area contributed by atoms with E-state index >= 15 is 0 Å². The average molecular weight is 316 g/mol. The lowest BCUT2D eigenvalue weighted by Crippen LogP contribution is -2.36. The predicted octanol–water partition coefficient (Wildman–Crippen LogP) is 3.46. The highest BCUT2D eigenvalue weighted by molar-refractivity contribution is 9.09. The van der Waals surface area contributed by atoms with Crippen LogP contribution in [0.3, 0.4) is 0 Å². The highest BCUT2D eigenvalue weighted by atomic mass is 79.9. The van der Waals surface area contributed by atoms with E-state index in [-0.39, 0.29) is 0 Å². The second-order valence-electron chi connectivity index (χ2n) is 4.52. The quantitative estimate of drug-likeness (QED) is 0.762. The third-order valence-corrected chi connectivity index (χ3v) is 4.60. The van der Waals surface area contributed by atoms with Crippen molar-refractivity contribution in [3.8, 4) is 0 Å². The molecule has 1 aliphatic heterocycles. The number of carbonyl (C=O) groups excluding carboxylic acids is 1. The minimum absolute atomic E-state index is 0.306. The van der Waals surface area contributed by atoms with E-state index in [0.29, 0.717) is 18.4 Å². The number of hydrogen-bond donors (Lipinski definition) is 0. The third-order valence-electron chi connectivity index (χ3n) is 3.30. The number of hydrogen-bond acceptors (Lipinski definition) is 2. The normalized spacial score (nSPS) is 19.8. The Bertz CT molecular complexity index is 352. The maximum atomic E-state index is 12.2. The lowest BCUT2D eigenvalue weighted by atomic mass is 10.1. The monoisotopic (exact) mass is 315 g/mol. The minimum Gasteiger partial charge on any atom is -0.339 e. The van der Waals surface area contributed by atoms with Crippen molar-refractivity contribution in [1.29, 1.82) is 0 Å². The fourth-order valence-electron chi connectivity index (χ4n) is 2.45. The van der Waals surface area contributed by atoms with Crippen molar-refractivity contribution in [2.75, 3.05) is 11.9 Å². The van der Waals surface area contributed by atoms with E-state index in [1.807, 2.05) is 11.4 Å². The summed E-state index contributed by atoms with van der Waals surface area (Å²) in [5, 5.41) is 5.15. The van der Waals surface area contributed by atoms with E-state index in [0.717, 1.165) is 30.3 Å². The van der Waals surface area contributed by atoms with Gasteiger partial charge in [-0.3, -0.25) is 4.79 Å². The molecule has 2 nitrogen and oxygen atoms in total. The first-order chi connectivity index (χ1) is 8.31. The largest absolute Gasteiger partial charge is 0.339 e. The molecule has 0 radical (unpaired) electrons. The van der Waals surface area contributed by atoms with Gasteiger partial charge >= 0.3 is 0 Å². The molecule has 1 aromatic rings. The van der Waals surface area contributed by atoms with Gasteiger partial charge < -0.3 is 4.90 Å². The zero-order valence-corrected chi connectivity index (χ0v) is 12.3. The molecule has 0 bridgehead atoms. The van der Waals surface area contributed by atoms with Crippen LogP contribution in [0.5, 0.6) is 0 Å². The molecule has 94 valence electrons.